The van der Waals surface area contributed by atoms with E-state index in [0.29, 0.717) is 0 Å². The molecule has 1 rings (SSSR count). The van der Waals surface area contributed by atoms with Gasteiger partial charge in [-0.3, -0.25) is 0 Å². The van der Waals surface area contributed by atoms with E-state index in [-0.39, 0.29) is 12.4 Å². The molecule has 0 spiro atoms. The summed E-state index contributed by atoms with van der Waals surface area (Å²) in [5.41, 5.74) is 6.75. The molecule has 0 aliphatic heterocycles. The van der Waals surface area contributed by atoms with E-state index in [0.717, 1.165) is 13.0 Å². The lowest BCUT2D eigenvalue weighted by Gasteiger charge is -1.99. The van der Waals surface area contributed by atoms with Crippen LogP contribution in [-0.2, 0) is 6.42 Å². The molecule has 1 aromatic carbocycles. The van der Waals surface area contributed by atoms with E-state index < -0.39 is 0 Å². The molecule has 0 unspecified atom stereocenters. The number of rotatable bonds is 3. The smallest absolute Gasteiger partial charge is 0.00693 e. The number of benzene rings is 1. The Kier molecular flexibility index (Phi) is 6.25. The highest BCUT2D eigenvalue weighted by Crippen LogP contribution is 2.14. The van der Waals surface area contributed by atoms with Crippen molar-refractivity contribution in [2.24, 2.45) is 5.73 Å². The molecule has 68 valence electrons. The van der Waals surface area contributed by atoms with E-state index in [9.17, 15) is 0 Å². The Bertz CT molecular complexity index is 210. The fraction of sp³-hybridized carbons (Fsp3) is 0.333. The third kappa shape index (κ3) is 3.48. The first kappa shape index (κ1) is 11.8. The van der Waals surface area contributed by atoms with Gasteiger partial charge in [-0.05, 0) is 36.9 Å². The van der Waals surface area contributed by atoms with Crippen LogP contribution in [0.2, 0.25) is 0 Å². The summed E-state index contributed by atoms with van der Waals surface area (Å²) in [6.07, 6.45) is 3.06. The third-order valence-corrected chi connectivity index (χ3v) is 2.34. The Morgan fingerprint density at radius 2 is 1.83 bits per heavy atom. The predicted molar refractivity (Wildman–Crippen MR) is 58.2 cm³/mol. The van der Waals surface area contributed by atoms with Crippen molar-refractivity contribution >= 4 is 24.2 Å². The summed E-state index contributed by atoms with van der Waals surface area (Å²) >= 11 is 1.76. The number of thioether (sulfide) groups is 1. The van der Waals surface area contributed by atoms with E-state index in [1.807, 2.05) is 0 Å². The summed E-state index contributed by atoms with van der Waals surface area (Å²) in [5, 5.41) is 0. The fourth-order valence-electron chi connectivity index (χ4n) is 0.959. The Hall–Kier alpha value is -0.180. The highest BCUT2D eigenvalue weighted by Gasteiger charge is 1.91. The van der Waals surface area contributed by atoms with Crippen LogP contribution in [0.5, 0.6) is 0 Å². The van der Waals surface area contributed by atoms with Gasteiger partial charge in [-0.15, -0.1) is 24.2 Å². The molecule has 0 radical (unpaired) electrons. The first-order valence-corrected chi connectivity index (χ1v) is 4.92. The van der Waals surface area contributed by atoms with Crippen LogP contribution in [-0.4, -0.2) is 12.8 Å². The van der Waals surface area contributed by atoms with Crippen LogP contribution in [0.4, 0.5) is 0 Å². The highest BCUT2D eigenvalue weighted by molar-refractivity contribution is 7.98. The fourth-order valence-corrected chi connectivity index (χ4v) is 1.37. The molecule has 0 aliphatic carbocycles. The maximum atomic E-state index is 5.43. The number of hydrogen-bond acceptors (Lipinski definition) is 2. The topological polar surface area (TPSA) is 26.0 Å². The Morgan fingerprint density at radius 1 is 1.25 bits per heavy atom. The normalized spacial score (nSPS) is 9.17. The van der Waals surface area contributed by atoms with E-state index in [2.05, 4.69) is 30.5 Å². The lowest BCUT2D eigenvalue weighted by atomic mass is 10.2. The molecule has 0 heterocycles. The highest BCUT2D eigenvalue weighted by atomic mass is 35.5. The second kappa shape index (κ2) is 6.35. The Balaban J connectivity index is 0.00000121. The van der Waals surface area contributed by atoms with Crippen molar-refractivity contribution in [2.75, 3.05) is 12.8 Å². The van der Waals surface area contributed by atoms with Gasteiger partial charge >= 0.3 is 0 Å². The molecule has 1 aromatic rings. The maximum Gasteiger partial charge on any atom is 0.00693 e. The van der Waals surface area contributed by atoms with Crippen molar-refractivity contribution in [1.82, 2.24) is 0 Å². The quantitative estimate of drug-likeness (QED) is 0.764. The average molecular weight is 204 g/mol. The predicted octanol–water partition coefficient (Wildman–Crippen LogP) is 2.33. The van der Waals surface area contributed by atoms with E-state index in [4.69, 9.17) is 5.73 Å². The number of halogens is 1. The molecular weight excluding hydrogens is 190 g/mol. The Morgan fingerprint density at radius 3 is 2.25 bits per heavy atom. The average Bonchev–Trinajstić information content (AvgIpc) is 2.07. The van der Waals surface area contributed by atoms with Gasteiger partial charge in [-0.2, -0.15) is 0 Å². The summed E-state index contributed by atoms with van der Waals surface area (Å²) in [4.78, 5) is 1.31. The minimum absolute atomic E-state index is 0. The molecule has 12 heavy (non-hydrogen) atoms. The van der Waals surface area contributed by atoms with Gasteiger partial charge in [0.05, 0.1) is 0 Å². The van der Waals surface area contributed by atoms with Crippen molar-refractivity contribution in [3.05, 3.63) is 29.8 Å². The summed E-state index contributed by atoms with van der Waals surface area (Å²) in [7, 11) is 0. The van der Waals surface area contributed by atoms with E-state index in [1.54, 1.807) is 11.8 Å². The minimum Gasteiger partial charge on any atom is -0.330 e. The van der Waals surface area contributed by atoms with Crippen molar-refractivity contribution in [1.29, 1.82) is 0 Å². The minimum atomic E-state index is 0. The molecule has 1 nitrogen and oxygen atoms in total. The monoisotopic (exact) mass is 203 g/mol. The molecule has 0 aromatic heterocycles. The zero-order chi connectivity index (χ0) is 8.10. The summed E-state index contributed by atoms with van der Waals surface area (Å²) in [6.45, 7) is 0.735. The van der Waals surface area contributed by atoms with Crippen LogP contribution < -0.4 is 5.73 Å². The van der Waals surface area contributed by atoms with Gasteiger partial charge in [0, 0.05) is 4.90 Å². The molecule has 0 saturated heterocycles. The van der Waals surface area contributed by atoms with Gasteiger partial charge in [-0.25, -0.2) is 0 Å². The zero-order valence-corrected chi connectivity index (χ0v) is 8.75. The summed E-state index contributed by atoms with van der Waals surface area (Å²) in [5.74, 6) is 0. The van der Waals surface area contributed by atoms with Gasteiger partial charge in [-0.1, -0.05) is 12.1 Å². The molecule has 0 bridgehead atoms. The number of hydrogen-bond donors (Lipinski definition) is 1. The first-order chi connectivity index (χ1) is 5.36. The second-order valence-corrected chi connectivity index (χ2v) is 3.27. The standard InChI is InChI=1S/C9H13NS.ClH/c1-11-9-4-2-8(3-5-9)6-7-10;/h2-5H,6-7,10H2,1H3;1H. The second-order valence-electron chi connectivity index (χ2n) is 2.39. The first-order valence-electron chi connectivity index (χ1n) is 3.70. The molecule has 0 aliphatic rings. The zero-order valence-electron chi connectivity index (χ0n) is 7.12. The van der Waals surface area contributed by atoms with E-state index in [1.165, 1.54) is 10.5 Å². The molecule has 0 saturated carbocycles. The Labute approximate surface area is 84.1 Å². The van der Waals surface area contributed by atoms with Crippen molar-refractivity contribution in [2.45, 2.75) is 11.3 Å². The van der Waals surface area contributed by atoms with Crippen molar-refractivity contribution in [3.63, 3.8) is 0 Å². The molecular formula is C9H14ClNS. The van der Waals surface area contributed by atoms with Gasteiger partial charge < -0.3 is 5.73 Å². The lowest BCUT2D eigenvalue weighted by molar-refractivity contribution is 0.966. The van der Waals surface area contributed by atoms with Gasteiger partial charge in [0.25, 0.3) is 0 Å². The van der Waals surface area contributed by atoms with Crippen LogP contribution >= 0.6 is 24.2 Å². The van der Waals surface area contributed by atoms with Crippen LogP contribution in [0, 0.1) is 0 Å². The van der Waals surface area contributed by atoms with Gasteiger partial charge in [0.15, 0.2) is 0 Å². The summed E-state index contributed by atoms with van der Waals surface area (Å²) < 4.78 is 0. The molecule has 0 amide bonds. The third-order valence-electron chi connectivity index (χ3n) is 1.59. The largest absolute Gasteiger partial charge is 0.330 e. The van der Waals surface area contributed by atoms with Gasteiger partial charge in [0.2, 0.25) is 0 Å². The molecule has 0 atom stereocenters. The summed E-state index contributed by atoms with van der Waals surface area (Å²) in [6, 6.07) is 8.54. The van der Waals surface area contributed by atoms with Crippen LogP contribution in [0.25, 0.3) is 0 Å². The lowest BCUT2D eigenvalue weighted by Crippen LogP contribution is -2.02. The van der Waals surface area contributed by atoms with Crippen LogP contribution in [0.3, 0.4) is 0 Å². The van der Waals surface area contributed by atoms with Crippen LogP contribution in [0.15, 0.2) is 29.2 Å². The van der Waals surface area contributed by atoms with Gasteiger partial charge in [0.1, 0.15) is 0 Å². The SMILES string of the molecule is CSc1ccc(CCN)cc1.Cl. The van der Waals surface area contributed by atoms with E-state index >= 15 is 0 Å². The van der Waals surface area contributed by atoms with Crippen LogP contribution in [0.1, 0.15) is 5.56 Å². The maximum absolute atomic E-state index is 5.43. The molecule has 0 fully saturated rings. The van der Waals surface area contributed by atoms with Crippen molar-refractivity contribution < 1.29 is 0 Å². The number of nitrogens with two attached hydrogens (primary N) is 1. The molecule has 3 heteroatoms. The molecule has 2 N–H and O–H groups in total. The van der Waals surface area contributed by atoms with Crippen molar-refractivity contribution in [3.8, 4) is 0 Å².